The first-order valence-corrected chi connectivity index (χ1v) is 13.7. The number of nitrogens with zero attached hydrogens (tertiary/aromatic N) is 5. The molecule has 0 bridgehead atoms. The lowest BCUT2D eigenvalue weighted by molar-refractivity contribution is -0.137. The van der Waals surface area contributed by atoms with Crippen molar-refractivity contribution in [3.8, 4) is 5.69 Å². The second-order valence-electron chi connectivity index (χ2n) is 12.4. The minimum Gasteiger partial charge on any atom is -0.338 e. The van der Waals surface area contributed by atoms with Crippen molar-refractivity contribution in [2.75, 3.05) is 44.6 Å². The zero-order valence-electron chi connectivity index (χ0n) is 23.7. The molecule has 1 aliphatic carbocycles. The van der Waals surface area contributed by atoms with E-state index in [4.69, 9.17) is 11.5 Å². The molecule has 218 valence electrons. The molecule has 2 atom stereocenters. The highest BCUT2D eigenvalue weighted by molar-refractivity contribution is 5.89. The zero-order valence-corrected chi connectivity index (χ0v) is 24.5. The Morgan fingerprint density at radius 1 is 0.950 bits per heavy atom. The van der Waals surface area contributed by atoms with Gasteiger partial charge in [0.25, 0.3) is 0 Å². The molecule has 5 N–H and O–H groups in total. The highest BCUT2D eigenvalue weighted by Gasteiger charge is 2.60. The van der Waals surface area contributed by atoms with Crippen molar-refractivity contribution in [1.82, 2.24) is 24.3 Å². The van der Waals surface area contributed by atoms with Crippen LogP contribution in [0.3, 0.4) is 0 Å². The minimum atomic E-state index is -0.945. The van der Waals surface area contributed by atoms with E-state index >= 15 is 0 Å². The van der Waals surface area contributed by atoms with Gasteiger partial charge in [0.1, 0.15) is 5.82 Å². The van der Waals surface area contributed by atoms with Gasteiger partial charge in [-0.25, -0.2) is 9.59 Å². The Morgan fingerprint density at radius 3 is 2.05 bits per heavy atom. The topological polar surface area (TPSA) is 143 Å². The molecule has 0 radical (unpaired) electrons. The summed E-state index contributed by atoms with van der Waals surface area (Å²) in [6, 6.07) is 9.18. The summed E-state index contributed by atoms with van der Waals surface area (Å²) >= 11 is 0. The molecule has 3 amide bonds. The number of rotatable bonds is 6. The molecule has 1 saturated carbocycles. The van der Waals surface area contributed by atoms with Gasteiger partial charge in [-0.2, -0.15) is 4.98 Å². The normalized spacial score (nSPS) is 22.9. The number of fused-ring (bicyclic) bond motifs is 1. The van der Waals surface area contributed by atoms with Crippen molar-refractivity contribution in [2.45, 2.75) is 45.3 Å². The molecule has 0 spiro atoms. The van der Waals surface area contributed by atoms with E-state index in [1.165, 1.54) is 10.1 Å². The molecule has 3 aliphatic rings. The Morgan fingerprint density at radius 2 is 1.52 bits per heavy atom. The number of hydrogen-bond donors (Lipinski definition) is 3. The van der Waals surface area contributed by atoms with Crippen LogP contribution in [0.1, 0.15) is 33.3 Å². The van der Waals surface area contributed by atoms with Crippen LogP contribution in [0.4, 0.5) is 10.6 Å². The van der Waals surface area contributed by atoms with Crippen LogP contribution in [0.5, 0.6) is 0 Å². The highest BCUT2D eigenvalue weighted by Crippen LogP contribution is 2.56. The Hall–Kier alpha value is -2.99. The monoisotopic (exact) mass is 572 g/mol. The van der Waals surface area contributed by atoms with Crippen LogP contribution in [0.15, 0.2) is 41.3 Å². The quantitative estimate of drug-likeness (QED) is 0.476. The van der Waals surface area contributed by atoms with E-state index in [0.29, 0.717) is 49.6 Å². The van der Waals surface area contributed by atoms with Crippen molar-refractivity contribution in [1.29, 1.82) is 0 Å². The van der Waals surface area contributed by atoms with Gasteiger partial charge in [-0.1, -0.05) is 12.1 Å². The van der Waals surface area contributed by atoms with Crippen LogP contribution in [-0.2, 0) is 11.3 Å². The molecule has 2 aromatic rings. The van der Waals surface area contributed by atoms with Gasteiger partial charge in [-0.3, -0.25) is 19.6 Å². The number of piperazine rings is 1. The van der Waals surface area contributed by atoms with Gasteiger partial charge in [0.05, 0.1) is 11.2 Å². The number of aromatic nitrogens is 2. The summed E-state index contributed by atoms with van der Waals surface area (Å²) in [5.74, 6) is 2.10. The van der Waals surface area contributed by atoms with Gasteiger partial charge < -0.3 is 21.3 Å². The van der Waals surface area contributed by atoms with E-state index < -0.39 is 11.2 Å². The van der Waals surface area contributed by atoms with Crippen LogP contribution < -0.4 is 22.5 Å². The molecule has 3 heterocycles. The first-order valence-electron chi connectivity index (χ1n) is 13.7. The van der Waals surface area contributed by atoms with Crippen LogP contribution in [0.25, 0.3) is 5.69 Å². The molecule has 40 heavy (non-hydrogen) atoms. The number of hydrogen-bond acceptors (Lipinski definition) is 7. The van der Waals surface area contributed by atoms with Gasteiger partial charge in [0.15, 0.2) is 0 Å². The standard InChI is InChI=1S/C28H40N8O3.ClH/c1-27(2,29)23-20-16-33(17-21(20)23)15-18-5-7-19(8-6-18)36-10-9-22(32-26(36)39)31-25(38)35-13-11-34(12-14-35)24(37)28(3,4)30;/h5-10,20-21,23H,11-17,29-30H2,1-4H3,(H,31,32,38,39);1H. The predicted molar refractivity (Wildman–Crippen MR) is 157 cm³/mol. The average Bonchev–Trinajstić information content (AvgIpc) is 3.41. The molecular formula is C28H41ClN8O3. The fourth-order valence-electron chi connectivity index (χ4n) is 6.24. The number of piperidine rings is 1. The summed E-state index contributed by atoms with van der Waals surface area (Å²) < 4.78 is 1.46. The molecule has 5 rings (SSSR count). The number of likely N-dealkylation sites (tertiary alicyclic amines) is 1. The van der Waals surface area contributed by atoms with E-state index in [-0.39, 0.29) is 35.7 Å². The van der Waals surface area contributed by atoms with E-state index in [2.05, 4.69) is 29.0 Å². The third kappa shape index (κ3) is 6.33. The van der Waals surface area contributed by atoms with Gasteiger partial charge in [-0.05, 0) is 69.2 Å². The number of anilines is 1. The number of nitrogens with two attached hydrogens (primary N) is 2. The van der Waals surface area contributed by atoms with Crippen molar-refractivity contribution >= 4 is 30.2 Å². The SMILES string of the molecule is CC(C)(N)C(=O)N1CCN(C(=O)Nc2ccn(-c3ccc(CN4CC5C(C4)C5C(C)(C)N)cc3)c(=O)n2)CC1.Cl. The van der Waals surface area contributed by atoms with E-state index in [0.717, 1.165) is 19.6 Å². The lowest BCUT2D eigenvalue weighted by Gasteiger charge is -2.37. The second-order valence-corrected chi connectivity index (χ2v) is 12.4. The van der Waals surface area contributed by atoms with Crippen molar-refractivity contribution < 1.29 is 9.59 Å². The summed E-state index contributed by atoms with van der Waals surface area (Å²) in [5.41, 5.74) is 12.6. The first-order chi connectivity index (χ1) is 18.3. The smallest absolute Gasteiger partial charge is 0.338 e. The fraction of sp³-hybridized carbons (Fsp3) is 0.571. The second kappa shape index (κ2) is 11.1. The number of urea groups is 1. The summed E-state index contributed by atoms with van der Waals surface area (Å²) in [7, 11) is 0. The summed E-state index contributed by atoms with van der Waals surface area (Å²) in [6.07, 6.45) is 1.61. The molecule has 12 heteroatoms. The molecule has 1 aromatic carbocycles. The van der Waals surface area contributed by atoms with E-state index in [1.807, 2.05) is 24.3 Å². The summed E-state index contributed by atoms with van der Waals surface area (Å²) in [5, 5.41) is 2.70. The zero-order chi connectivity index (χ0) is 28.1. The van der Waals surface area contributed by atoms with E-state index in [1.54, 1.807) is 35.9 Å². The Balaban J connectivity index is 0.00000370. The van der Waals surface area contributed by atoms with Crippen molar-refractivity contribution in [3.05, 3.63) is 52.6 Å². The molecule has 2 aliphatic heterocycles. The van der Waals surface area contributed by atoms with Gasteiger partial charge in [0, 0.05) is 57.5 Å². The molecule has 1 aromatic heterocycles. The lowest BCUT2D eigenvalue weighted by atomic mass is 9.96. The number of halogens is 1. The largest absolute Gasteiger partial charge is 0.354 e. The maximum atomic E-state index is 12.7. The Bertz CT molecular complexity index is 1280. The molecule has 3 fully saturated rings. The number of benzene rings is 1. The maximum absolute atomic E-state index is 12.7. The first kappa shape index (κ1) is 30.0. The van der Waals surface area contributed by atoms with Crippen LogP contribution in [-0.4, -0.2) is 86.5 Å². The Labute approximate surface area is 241 Å². The van der Waals surface area contributed by atoms with Crippen LogP contribution in [0, 0.1) is 17.8 Å². The maximum Gasteiger partial charge on any atom is 0.354 e. The third-order valence-electron chi connectivity index (χ3n) is 8.19. The summed E-state index contributed by atoms with van der Waals surface area (Å²) in [6.45, 7) is 12.2. The molecular weight excluding hydrogens is 532 g/mol. The van der Waals surface area contributed by atoms with Gasteiger partial charge in [0.2, 0.25) is 5.91 Å². The predicted octanol–water partition coefficient (Wildman–Crippen LogP) is 1.48. The van der Waals surface area contributed by atoms with Crippen LogP contribution >= 0.6 is 12.4 Å². The minimum absolute atomic E-state index is 0. The highest BCUT2D eigenvalue weighted by atomic mass is 35.5. The Kier molecular flexibility index (Phi) is 8.33. The molecule has 2 unspecified atom stereocenters. The lowest BCUT2D eigenvalue weighted by Crippen LogP contribution is -2.58. The molecule has 11 nitrogen and oxygen atoms in total. The van der Waals surface area contributed by atoms with Crippen molar-refractivity contribution in [2.24, 2.45) is 29.2 Å². The average molecular weight is 573 g/mol. The van der Waals surface area contributed by atoms with Crippen molar-refractivity contribution in [3.63, 3.8) is 0 Å². The number of carbonyl (C=O) groups excluding carboxylic acids is 2. The number of amides is 3. The third-order valence-corrected chi connectivity index (χ3v) is 8.19. The molecule has 2 saturated heterocycles. The number of carbonyl (C=O) groups is 2. The van der Waals surface area contributed by atoms with E-state index in [9.17, 15) is 14.4 Å². The van der Waals surface area contributed by atoms with Gasteiger partial charge >= 0.3 is 11.7 Å². The van der Waals surface area contributed by atoms with Gasteiger partial charge in [-0.15, -0.1) is 12.4 Å². The summed E-state index contributed by atoms with van der Waals surface area (Å²) in [4.78, 5) is 47.6. The van der Waals surface area contributed by atoms with Crippen LogP contribution in [0.2, 0.25) is 0 Å². The fourth-order valence-corrected chi connectivity index (χ4v) is 6.24. The number of nitrogens with one attached hydrogen (secondary N) is 1.